The molecule has 2 aliphatic heterocycles. The topological polar surface area (TPSA) is 92.6 Å². The second-order valence-electron chi connectivity index (χ2n) is 8.96. The van der Waals surface area contributed by atoms with Gasteiger partial charge in [-0.1, -0.05) is 12.1 Å². The smallest absolute Gasteiger partial charge is 0.395 e. The van der Waals surface area contributed by atoms with E-state index in [1.165, 1.54) is 39.8 Å². The number of benzene rings is 1. The largest absolute Gasteiger partial charge is 0.413 e. The fourth-order valence-corrected chi connectivity index (χ4v) is 5.80. The van der Waals surface area contributed by atoms with Gasteiger partial charge in [0.25, 0.3) is 0 Å². The predicted octanol–water partition coefficient (Wildman–Crippen LogP) is 2.84. The van der Waals surface area contributed by atoms with Crippen LogP contribution in [0.2, 0.25) is 0 Å². The number of pyridine rings is 2. The Morgan fingerprint density at radius 3 is 2.74 bits per heavy atom. The Bertz CT molecular complexity index is 1580. The van der Waals surface area contributed by atoms with Gasteiger partial charge < -0.3 is 15.7 Å². The van der Waals surface area contributed by atoms with Gasteiger partial charge in [-0.3, -0.25) is 4.40 Å². The van der Waals surface area contributed by atoms with Crippen molar-refractivity contribution in [3.8, 4) is 11.5 Å². The van der Waals surface area contributed by atoms with Crippen molar-refractivity contribution in [2.45, 2.75) is 23.7 Å². The molecule has 7 rings (SSSR count). The maximum atomic E-state index is 14.7. The standard InChI is InChI=1S/C23H16F4N6O/c24-12-5-10-1-3-15-21-31-30-16-4-2-11(7-32(16)21)19(23(25,26)27)33-8-14(28)17-20(33)22(17,9-34)13(6-12)18(10)29-15/h1-7,14,19,34H,8-9,28H2/t14-,19-,22?/m1/s1. The molecule has 172 valence electrons. The monoisotopic (exact) mass is 468 g/mol. The maximum absolute atomic E-state index is 14.7. The van der Waals surface area contributed by atoms with Crippen LogP contribution in [0.15, 0.2) is 53.9 Å². The molecule has 4 bridgehead atoms. The molecule has 3 atom stereocenters. The number of alkyl halides is 3. The number of hydrogen-bond acceptors (Lipinski definition) is 6. The van der Waals surface area contributed by atoms with E-state index in [-0.39, 0.29) is 23.6 Å². The molecular formula is C23H16F4N6O. The zero-order valence-corrected chi connectivity index (χ0v) is 17.4. The number of nitrogens with zero attached hydrogens (tertiary/aromatic N) is 5. The molecule has 3 N–H and O–H groups in total. The summed E-state index contributed by atoms with van der Waals surface area (Å²) in [4.78, 5) is 5.92. The molecule has 0 amide bonds. The fraction of sp³-hybridized carbons (Fsp3) is 0.261. The van der Waals surface area contributed by atoms with E-state index in [4.69, 9.17) is 10.7 Å². The van der Waals surface area contributed by atoms with E-state index >= 15 is 0 Å². The average molecular weight is 468 g/mol. The molecule has 0 saturated heterocycles. The van der Waals surface area contributed by atoms with Crippen LogP contribution in [-0.4, -0.2) is 55.0 Å². The first-order chi connectivity index (χ1) is 16.2. The number of aromatic nitrogens is 4. The lowest BCUT2D eigenvalue weighted by Crippen LogP contribution is -2.46. The Morgan fingerprint density at radius 2 is 1.97 bits per heavy atom. The fourth-order valence-electron chi connectivity index (χ4n) is 5.80. The van der Waals surface area contributed by atoms with E-state index in [0.29, 0.717) is 33.4 Å². The third kappa shape index (κ3) is 2.30. The molecule has 11 heteroatoms. The summed E-state index contributed by atoms with van der Waals surface area (Å²) in [5, 5.41) is 19.2. The first kappa shape index (κ1) is 19.9. The number of rotatable bonds is 1. The molecule has 34 heavy (non-hydrogen) atoms. The van der Waals surface area contributed by atoms with Gasteiger partial charge in [0.2, 0.25) is 0 Å². The first-order valence-corrected chi connectivity index (χ1v) is 10.6. The molecule has 0 saturated carbocycles. The second-order valence-corrected chi connectivity index (χ2v) is 8.96. The zero-order valence-electron chi connectivity index (χ0n) is 17.4. The van der Waals surface area contributed by atoms with Crippen molar-refractivity contribution in [2.75, 3.05) is 13.2 Å². The van der Waals surface area contributed by atoms with Crippen molar-refractivity contribution >= 4 is 16.6 Å². The van der Waals surface area contributed by atoms with Gasteiger partial charge in [0, 0.05) is 35.4 Å². The van der Waals surface area contributed by atoms with E-state index in [0.717, 1.165) is 0 Å². The number of nitrogens with two attached hydrogens (primary N) is 1. The summed E-state index contributed by atoms with van der Waals surface area (Å²) in [5.74, 6) is -0.316. The van der Waals surface area contributed by atoms with E-state index in [9.17, 15) is 22.7 Å². The second kappa shape index (κ2) is 6.10. The van der Waals surface area contributed by atoms with Crippen molar-refractivity contribution in [1.82, 2.24) is 24.5 Å². The molecule has 3 aliphatic rings. The van der Waals surface area contributed by atoms with Crippen molar-refractivity contribution in [3.05, 3.63) is 70.8 Å². The number of aliphatic hydroxyl groups excluding tert-OH is 1. The lowest BCUT2D eigenvalue weighted by Gasteiger charge is -2.38. The number of aliphatic hydroxyl groups is 1. The van der Waals surface area contributed by atoms with Gasteiger partial charge >= 0.3 is 6.18 Å². The normalized spacial score (nSPS) is 25.3. The van der Waals surface area contributed by atoms with Crippen LogP contribution in [-0.2, 0) is 5.41 Å². The Kier molecular flexibility index (Phi) is 3.56. The molecule has 0 radical (unpaired) electrons. The van der Waals surface area contributed by atoms with Gasteiger partial charge in [-0.15, -0.1) is 10.2 Å². The Balaban J connectivity index is 1.62. The van der Waals surface area contributed by atoms with E-state index in [2.05, 4.69) is 10.2 Å². The number of piperidine rings is 1. The van der Waals surface area contributed by atoms with Crippen LogP contribution < -0.4 is 5.73 Å². The molecule has 4 aromatic rings. The number of fused-ring (bicyclic) bond motifs is 5. The van der Waals surface area contributed by atoms with Crippen molar-refractivity contribution < 1.29 is 22.7 Å². The highest BCUT2D eigenvalue weighted by Crippen LogP contribution is 2.64. The zero-order chi connectivity index (χ0) is 23.6. The van der Waals surface area contributed by atoms with Gasteiger partial charge in [0.05, 0.1) is 17.5 Å². The van der Waals surface area contributed by atoms with Gasteiger partial charge in [-0.2, -0.15) is 13.2 Å². The molecular weight excluding hydrogens is 452 g/mol. The van der Waals surface area contributed by atoms with Gasteiger partial charge in [0.15, 0.2) is 17.5 Å². The van der Waals surface area contributed by atoms with Crippen LogP contribution in [0, 0.1) is 5.82 Å². The number of hydrogen-bond donors (Lipinski definition) is 2. The molecule has 7 nitrogen and oxygen atoms in total. The van der Waals surface area contributed by atoms with E-state index < -0.39 is 36.1 Å². The summed E-state index contributed by atoms with van der Waals surface area (Å²) < 4.78 is 59.9. The first-order valence-electron chi connectivity index (χ1n) is 10.6. The van der Waals surface area contributed by atoms with Crippen molar-refractivity contribution in [1.29, 1.82) is 0 Å². The SMILES string of the molecule is N[C@@H]1CN2C3=C1C3(CO)c1cc(F)cc3ccc(nc13)-c1nnc3ccc(cn13)[C@@H]2C(F)(F)F. The highest BCUT2D eigenvalue weighted by Gasteiger charge is 2.66. The minimum Gasteiger partial charge on any atom is -0.395 e. The molecule has 0 fully saturated rings. The molecule has 0 spiro atoms. The van der Waals surface area contributed by atoms with Crippen LogP contribution >= 0.6 is 0 Å². The maximum Gasteiger partial charge on any atom is 0.413 e. The summed E-state index contributed by atoms with van der Waals surface area (Å²) in [6.07, 6.45) is -3.28. The van der Waals surface area contributed by atoms with Crippen LogP contribution in [0.1, 0.15) is 17.2 Å². The van der Waals surface area contributed by atoms with Crippen LogP contribution in [0.5, 0.6) is 0 Å². The lowest BCUT2D eigenvalue weighted by atomic mass is 9.84. The third-order valence-corrected chi connectivity index (χ3v) is 7.15. The van der Waals surface area contributed by atoms with Gasteiger partial charge in [-0.05, 0) is 35.4 Å². The lowest BCUT2D eigenvalue weighted by molar-refractivity contribution is -0.181. The van der Waals surface area contributed by atoms with E-state index in [1.54, 1.807) is 12.1 Å². The van der Waals surface area contributed by atoms with Crippen LogP contribution in [0.4, 0.5) is 17.6 Å². The quantitative estimate of drug-likeness (QED) is 0.418. The Labute approximate surface area is 189 Å². The van der Waals surface area contributed by atoms with Crippen molar-refractivity contribution in [2.24, 2.45) is 5.73 Å². The Morgan fingerprint density at radius 1 is 1.15 bits per heavy atom. The minimum atomic E-state index is -4.65. The summed E-state index contributed by atoms with van der Waals surface area (Å²) in [7, 11) is 0. The summed E-state index contributed by atoms with van der Waals surface area (Å²) >= 11 is 0. The molecule has 1 unspecified atom stereocenters. The van der Waals surface area contributed by atoms with Crippen molar-refractivity contribution in [3.63, 3.8) is 0 Å². The van der Waals surface area contributed by atoms with Crippen LogP contribution in [0.25, 0.3) is 28.1 Å². The molecule has 3 aromatic heterocycles. The van der Waals surface area contributed by atoms with Gasteiger partial charge in [0.1, 0.15) is 11.5 Å². The highest BCUT2D eigenvalue weighted by atomic mass is 19.4. The highest BCUT2D eigenvalue weighted by molar-refractivity contribution is 5.89. The summed E-state index contributed by atoms with van der Waals surface area (Å²) in [5.41, 5.74) is 7.12. The predicted molar refractivity (Wildman–Crippen MR) is 113 cm³/mol. The third-order valence-electron chi connectivity index (χ3n) is 7.15. The molecule has 1 aliphatic carbocycles. The number of halogens is 4. The van der Waals surface area contributed by atoms with E-state index in [1.807, 2.05) is 0 Å². The molecule has 5 heterocycles. The summed E-state index contributed by atoms with van der Waals surface area (Å²) in [6, 6.07) is 5.92. The van der Waals surface area contributed by atoms with Gasteiger partial charge in [-0.25, -0.2) is 9.37 Å². The minimum absolute atomic E-state index is 0.0261. The summed E-state index contributed by atoms with van der Waals surface area (Å²) in [6.45, 7) is -0.623. The van der Waals surface area contributed by atoms with Crippen LogP contribution in [0.3, 0.4) is 0 Å². The Hall–Kier alpha value is -3.57. The average Bonchev–Trinajstić information content (AvgIpc) is 3.09. The molecule has 1 aromatic carbocycles.